The van der Waals surface area contributed by atoms with E-state index in [4.69, 9.17) is 18.0 Å². The van der Waals surface area contributed by atoms with E-state index in [-0.39, 0.29) is 5.25 Å². The highest BCUT2D eigenvalue weighted by Crippen LogP contribution is 2.26. The molecule has 98 valence electrons. The molecule has 0 heterocycles. The molecule has 1 aliphatic carbocycles. The maximum atomic E-state index is 12.1. The summed E-state index contributed by atoms with van der Waals surface area (Å²) < 4.78 is 26.7. The van der Waals surface area contributed by atoms with Crippen LogP contribution in [0.4, 0.5) is 5.69 Å². The second-order valence-electron chi connectivity index (χ2n) is 4.50. The molecule has 2 rings (SSSR count). The summed E-state index contributed by atoms with van der Waals surface area (Å²) in [6, 6.07) is 6.80. The quantitative estimate of drug-likeness (QED) is 0.830. The molecule has 6 heteroatoms. The molecule has 18 heavy (non-hydrogen) atoms. The number of sulfonamides is 1. The molecule has 4 nitrogen and oxygen atoms in total. The van der Waals surface area contributed by atoms with Crippen LogP contribution in [0, 0.1) is 0 Å². The first-order chi connectivity index (χ1) is 8.49. The van der Waals surface area contributed by atoms with Gasteiger partial charge in [-0.05, 0) is 37.1 Å². The van der Waals surface area contributed by atoms with Crippen LogP contribution in [0.3, 0.4) is 0 Å². The lowest BCUT2D eigenvalue weighted by atomic mass is 10.2. The summed E-state index contributed by atoms with van der Waals surface area (Å²) >= 11 is 4.84. The Morgan fingerprint density at radius 2 is 1.78 bits per heavy atom. The molecule has 1 aromatic rings. The molecule has 0 aliphatic heterocycles. The van der Waals surface area contributed by atoms with Crippen LogP contribution in [0.15, 0.2) is 24.3 Å². The topological polar surface area (TPSA) is 72.2 Å². The van der Waals surface area contributed by atoms with Crippen LogP contribution in [0.25, 0.3) is 0 Å². The van der Waals surface area contributed by atoms with E-state index in [2.05, 4.69) is 4.72 Å². The van der Waals surface area contributed by atoms with E-state index in [9.17, 15) is 8.42 Å². The SMILES string of the molecule is NC(=S)c1ccc(NS(=O)(=O)C2CCCC2)cc1. The van der Waals surface area contributed by atoms with E-state index < -0.39 is 10.0 Å². The molecular formula is C12H16N2O2S2. The molecule has 0 aromatic heterocycles. The molecule has 1 aliphatic rings. The standard InChI is InChI=1S/C12H16N2O2S2/c13-12(17)9-5-7-10(8-6-9)14-18(15,16)11-3-1-2-4-11/h5-8,11,14H,1-4H2,(H2,13,17). The average Bonchev–Trinajstić information content (AvgIpc) is 2.83. The van der Waals surface area contributed by atoms with Crippen molar-refractivity contribution in [1.29, 1.82) is 0 Å². The van der Waals surface area contributed by atoms with Gasteiger partial charge in [0, 0.05) is 11.3 Å². The van der Waals surface area contributed by atoms with Crippen molar-refractivity contribution in [2.75, 3.05) is 4.72 Å². The van der Waals surface area contributed by atoms with E-state index in [1.54, 1.807) is 24.3 Å². The Bertz CT molecular complexity index is 532. The number of nitrogens with two attached hydrogens (primary N) is 1. The monoisotopic (exact) mass is 284 g/mol. The van der Waals surface area contributed by atoms with E-state index in [0.29, 0.717) is 10.7 Å². The van der Waals surface area contributed by atoms with Gasteiger partial charge in [0.2, 0.25) is 10.0 Å². The second kappa shape index (κ2) is 5.24. The van der Waals surface area contributed by atoms with Gasteiger partial charge < -0.3 is 5.73 Å². The summed E-state index contributed by atoms with van der Waals surface area (Å²) in [4.78, 5) is 0.306. The zero-order valence-corrected chi connectivity index (χ0v) is 11.6. The average molecular weight is 284 g/mol. The first-order valence-electron chi connectivity index (χ1n) is 5.90. The van der Waals surface area contributed by atoms with Gasteiger partial charge in [0.15, 0.2) is 0 Å². The van der Waals surface area contributed by atoms with Gasteiger partial charge in [-0.2, -0.15) is 0 Å². The van der Waals surface area contributed by atoms with Crippen LogP contribution < -0.4 is 10.5 Å². The van der Waals surface area contributed by atoms with Crippen molar-refractivity contribution >= 4 is 32.9 Å². The summed E-state index contributed by atoms with van der Waals surface area (Å²) in [5, 5.41) is -0.257. The molecule has 1 aromatic carbocycles. The minimum absolute atomic E-state index is 0.257. The number of thiocarbonyl (C=S) groups is 1. The van der Waals surface area contributed by atoms with Crippen LogP contribution in [0.1, 0.15) is 31.2 Å². The molecule has 1 saturated carbocycles. The summed E-state index contributed by atoms with van der Waals surface area (Å²) in [5.74, 6) is 0. The van der Waals surface area contributed by atoms with E-state index >= 15 is 0 Å². The minimum Gasteiger partial charge on any atom is -0.389 e. The van der Waals surface area contributed by atoms with Crippen molar-refractivity contribution in [2.45, 2.75) is 30.9 Å². The van der Waals surface area contributed by atoms with Crippen LogP contribution in [0.2, 0.25) is 0 Å². The maximum absolute atomic E-state index is 12.1. The molecule has 0 radical (unpaired) electrons. The molecule has 1 fully saturated rings. The Labute approximate surface area is 113 Å². The van der Waals surface area contributed by atoms with Crippen LogP contribution >= 0.6 is 12.2 Å². The molecule has 0 spiro atoms. The van der Waals surface area contributed by atoms with Crippen LogP contribution in [0.5, 0.6) is 0 Å². The van der Waals surface area contributed by atoms with E-state index in [1.165, 1.54) is 0 Å². The molecule has 0 bridgehead atoms. The molecule has 0 unspecified atom stereocenters. The molecule has 0 saturated heterocycles. The lowest BCUT2D eigenvalue weighted by Gasteiger charge is -2.13. The minimum atomic E-state index is -3.26. The van der Waals surface area contributed by atoms with Gasteiger partial charge in [0.25, 0.3) is 0 Å². The highest BCUT2D eigenvalue weighted by Gasteiger charge is 2.28. The predicted molar refractivity (Wildman–Crippen MR) is 77.1 cm³/mol. The van der Waals surface area contributed by atoms with Gasteiger partial charge in [0.1, 0.15) is 4.99 Å². The first-order valence-corrected chi connectivity index (χ1v) is 7.86. The third-order valence-corrected chi connectivity index (χ3v) is 5.28. The first kappa shape index (κ1) is 13.3. The number of nitrogens with one attached hydrogen (secondary N) is 1. The predicted octanol–water partition coefficient (Wildman–Crippen LogP) is 2.01. The number of hydrogen-bond acceptors (Lipinski definition) is 3. The maximum Gasteiger partial charge on any atom is 0.235 e. The highest BCUT2D eigenvalue weighted by atomic mass is 32.2. The van der Waals surface area contributed by atoms with Crippen molar-refractivity contribution < 1.29 is 8.42 Å². The Morgan fingerprint density at radius 1 is 1.22 bits per heavy atom. The fraction of sp³-hybridized carbons (Fsp3) is 0.417. The molecule has 3 N–H and O–H groups in total. The van der Waals surface area contributed by atoms with Crippen molar-refractivity contribution in [3.63, 3.8) is 0 Å². The number of rotatable bonds is 4. The smallest absolute Gasteiger partial charge is 0.235 e. The Morgan fingerprint density at radius 3 is 2.28 bits per heavy atom. The largest absolute Gasteiger partial charge is 0.389 e. The lowest BCUT2D eigenvalue weighted by molar-refractivity contribution is 0.585. The number of anilines is 1. The normalized spacial score (nSPS) is 16.7. The number of hydrogen-bond donors (Lipinski definition) is 2. The fourth-order valence-electron chi connectivity index (χ4n) is 2.15. The van der Waals surface area contributed by atoms with Gasteiger partial charge in [0.05, 0.1) is 5.25 Å². The summed E-state index contributed by atoms with van der Waals surface area (Å²) in [7, 11) is -3.26. The third-order valence-electron chi connectivity index (χ3n) is 3.17. The number of benzene rings is 1. The molecule has 0 amide bonds. The van der Waals surface area contributed by atoms with Crippen molar-refractivity contribution in [3.05, 3.63) is 29.8 Å². The van der Waals surface area contributed by atoms with Crippen LogP contribution in [-0.4, -0.2) is 18.7 Å². The Kier molecular flexibility index (Phi) is 3.87. The molecule has 0 atom stereocenters. The van der Waals surface area contributed by atoms with Gasteiger partial charge >= 0.3 is 0 Å². The molecular weight excluding hydrogens is 268 g/mol. The van der Waals surface area contributed by atoms with Gasteiger partial charge in [-0.25, -0.2) is 8.42 Å². The van der Waals surface area contributed by atoms with Crippen molar-refractivity contribution in [2.24, 2.45) is 5.73 Å². The van der Waals surface area contributed by atoms with Crippen molar-refractivity contribution in [1.82, 2.24) is 0 Å². The zero-order chi connectivity index (χ0) is 13.2. The second-order valence-corrected chi connectivity index (χ2v) is 6.90. The van der Waals surface area contributed by atoms with E-state index in [1.807, 2.05) is 0 Å². The fourth-order valence-corrected chi connectivity index (χ4v) is 3.87. The van der Waals surface area contributed by atoms with Gasteiger partial charge in [-0.3, -0.25) is 4.72 Å². The summed E-state index contributed by atoms with van der Waals surface area (Å²) in [6.45, 7) is 0. The van der Waals surface area contributed by atoms with E-state index in [0.717, 1.165) is 31.2 Å². The summed E-state index contributed by atoms with van der Waals surface area (Å²) in [5.41, 5.74) is 6.77. The Hall–Kier alpha value is -1.14. The lowest BCUT2D eigenvalue weighted by Crippen LogP contribution is -2.25. The van der Waals surface area contributed by atoms with Crippen LogP contribution in [-0.2, 0) is 10.0 Å². The third kappa shape index (κ3) is 3.00. The Balaban J connectivity index is 2.11. The van der Waals surface area contributed by atoms with Crippen molar-refractivity contribution in [3.8, 4) is 0 Å². The van der Waals surface area contributed by atoms with Gasteiger partial charge in [-0.15, -0.1) is 0 Å². The van der Waals surface area contributed by atoms with Gasteiger partial charge in [-0.1, -0.05) is 25.1 Å². The highest BCUT2D eigenvalue weighted by molar-refractivity contribution is 7.93. The summed E-state index contributed by atoms with van der Waals surface area (Å²) in [6.07, 6.45) is 3.48. The zero-order valence-electron chi connectivity index (χ0n) is 9.93.